The van der Waals surface area contributed by atoms with Crippen molar-refractivity contribution in [3.63, 3.8) is 0 Å². The van der Waals surface area contributed by atoms with Crippen molar-refractivity contribution in [1.29, 1.82) is 0 Å². The Morgan fingerprint density at radius 1 is 1.53 bits per heavy atom. The zero-order valence-electron chi connectivity index (χ0n) is 8.94. The molecule has 0 aliphatic carbocycles. The highest BCUT2D eigenvalue weighted by atomic mass is 35.5. The van der Waals surface area contributed by atoms with E-state index in [9.17, 15) is 4.79 Å². The normalized spacial score (nSPS) is 11.3. The SMILES string of the molecule is CN(C(=O)OC(C)(C)C)c1nc(Cl)ns1. The molecule has 0 aliphatic heterocycles. The van der Waals surface area contributed by atoms with E-state index in [1.165, 1.54) is 4.90 Å². The summed E-state index contributed by atoms with van der Waals surface area (Å²) in [6.45, 7) is 5.39. The van der Waals surface area contributed by atoms with Gasteiger partial charge in [-0.2, -0.15) is 9.36 Å². The summed E-state index contributed by atoms with van der Waals surface area (Å²) in [5.41, 5.74) is -0.528. The summed E-state index contributed by atoms with van der Waals surface area (Å²) >= 11 is 6.60. The minimum Gasteiger partial charge on any atom is -0.443 e. The van der Waals surface area contributed by atoms with E-state index in [1.54, 1.807) is 27.8 Å². The van der Waals surface area contributed by atoms with E-state index in [0.717, 1.165) is 11.5 Å². The molecule has 0 fully saturated rings. The van der Waals surface area contributed by atoms with Gasteiger partial charge < -0.3 is 4.74 Å². The van der Waals surface area contributed by atoms with Gasteiger partial charge in [-0.3, -0.25) is 4.90 Å². The van der Waals surface area contributed by atoms with Crippen molar-refractivity contribution in [3.05, 3.63) is 5.28 Å². The van der Waals surface area contributed by atoms with E-state index in [0.29, 0.717) is 5.13 Å². The van der Waals surface area contributed by atoms with Crippen molar-refractivity contribution in [3.8, 4) is 0 Å². The van der Waals surface area contributed by atoms with Crippen LogP contribution in [0.4, 0.5) is 9.93 Å². The fraction of sp³-hybridized carbons (Fsp3) is 0.625. The highest BCUT2D eigenvalue weighted by Crippen LogP contribution is 2.20. The summed E-state index contributed by atoms with van der Waals surface area (Å²) in [5, 5.41) is 0.541. The average Bonchev–Trinajstić information content (AvgIpc) is 2.47. The maximum absolute atomic E-state index is 11.6. The minimum atomic E-state index is -0.528. The van der Waals surface area contributed by atoms with Crippen LogP contribution in [0.25, 0.3) is 0 Å². The molecular weight excluding hydrogens is 238 g/mol. The first-order chi connectivity index (χ1) is 6.79. The minimum absolute atomic E-state index is 0.130. The van der Waals surface area contributed by atoms with Crippen LogP contribution in [0.2, 0.25) is 5.28 Å². The maximum atomic E-state index is 11.6. The molecule has 1 amide bonds. The molecular formula is C8H12ClN3O2S. The van der Waals surface area contributed by atoms with Gasteiger partial charge in [0.1, 0.15) is 5.60 Å². The molecule has 0 aromatic carbocycles. The van der Waals surface area contributed by atoms with Gasteiger partial charge in [0.25, 0.3) is 0 Å². The van der Waals surface area contributed by atoms with Crippen molar-refractivity contribution in [2.45, 2.75) is 26.4 Å². The lowest BCUT2D eigenvalue weighted by molar-refractivity contribution is 0.0589. The molecule has 0 N–H and O–H groups in total. The molecule has 1 aromatic rings. The van der Waals surface area contributed by atoms with Crippen LogP contribution in [-0.4, -0.2) is 28.1 Å². The van der Waals surface area contributed by atoms with Gasteiger partial charge >= 0.3 is 6.09 Å². The van der Waals surface area contributed by atoms with Crippen LogP contribution >= 0.6 is 23.1 Å². The number of carbonyl (C=O) groups is 1. The largest absolute Gasteiger partial charge is 0.443 e. The third-order valence-corrected chi connectivity index (χ3v) is 2.41. The number of rotatable bonds is 1. The predicted molar refractivity (Wildman–Crippen MR) is 59.6 cm³/mol. The summed E-state index contributed by atoms with van der Waals surface area (Å²) < 4.78 is 8.91. The van der Waals surface area contributed by atoms with Gasteiger partial charge in [0, 0.05) is 18.6 Å². The van der Waals surface area contributed by atoms with Crippen LogP contribution in [-0.2, 0) is 4.74 Å². The molecule has 0 spiro atoms. The monoisotopic (exact) mass is 249 g/mol. The zero-order chi connectivity index (χ0) is 11.6. The Labute approximate surface area is 97.2 Å². The Kier molecular flexibility index (Phi) is 3.51. The molecule has 5 nitrogen and oxygen atoms in total. The van der Waals surface area contributed by atoms with Crippen LogP contribution in [0.5, 0.6) is 0 Å². The van der Waals surface area contributed by atoms with E-state index in [4.69, 9.17) is 16.3 Å². The third-order valence-electron chi connectivity index (χ3n) is 1.34. The fourth-order valence-corrected chi connectivity index (χ4v) is 1.50. The van der Waals surface area contributed by atoms with Gasteiger partial charge in [0.2, 0.25) is 10.4 Å². The van der Waals surface area contributed by atoms with E-state index in [1.807, 2.05) is 0 Å². The summed E-state index contributed by atoms with van der Waals surface area (Å²) in [4.78, 5) is 16.7. The molecule has 0 atom stereocenters. The summed E-state index contributed by atoms with van der Waals surface area (Å²) in [7, 11) is 1.56. The van der Waals surface area contributed by atoms with Gasteiger partial charge in [-0.1, -0.05) is 0 Å². The molecule has 84 valence electrons. The number of aromatic nitrogens is 2. The number of anilines is 1. The first kappa shape index (κ1) is 12.2. The van der Waals surface area contributed by atoms with Crippen LogP contribution in [0.3, 0.4) is 0 Å². The van der Waals surface area contributed by atoms with E-state index < -0.39 is 11.7 Å². The highest BCUT2D eigenvalue weighted by molar-refractivity contribution is 7.10. The van der Waals surface area contributed by atoms with Crippen LogP contribution in [0.1, 0.15) is 20.8 Å². The quantitative estimate of drug-likeness (QED) is 0.768. The average molecular weight is 250 g/mol. The molecule has 0 unspecified atom stereocenters. The van der Waals surface area contributed by atoms with Crippen molar-refractivity contribution in [2.24, 2.45) is 0 Å². The molecule has 0 saturated heterocycles. The second kappa shape index (κ2) is 4.32. The first-order valence-electron chi connectivity index (χ1n) is 4.25. The summed E-state index contributed by atoms with van der Waals surface area (Å²) in [5.74, 6) is 0. The molecule has 0 aliphatic rings. The standard InChI is InChI=1S/C8H12ClN3O2S/c1-8(2,3)14-7(13)12(4)6-10-5(9)11-15-6/h1-4H3. The van der Waals surface area contributed by atoms with Crippen molar-refractivity contribution >= 4 is 34.4 Å². The molecule has 0 saturated carbocycles. The van der Waals surface area contributed by atoms with Gasteiger partial charge in [0.05, 0.1) is 0 Å². The van der Waals surface area contributed by atoms with Crippen LogP contribution in [0, 0.1) is 0 Å². The number of carbonyl (C=O) groups excluding carboxylic acids is 1. The Balaban J connectivity index is 2.69. The van der Waals surface area contributed by atoms with Gasteiger partial charge in [0.15, 0.2) is 0 Å². The van der Waals surface area contributed by atoms with Crippen molar-refractivity contribution < 1.29 is 9.53 Å². The Bertz CT molecular complexity index is 361. The smallest absolute Gasteiger partial charge is 0.416 e. The lowest BCUT2D eigenvalue weighted by Gasteiger charge is -2.22. The zero-order valence-corrected chi connectivity index (χ0v) is 10.5. The molecule has 1 rings (SSSR count). The lowest BCUT2D eigenvalue weighted by atomic mass is 10.2. The van der Waals surface area contributed by atoms with Gasteiger partial charge in [-0.05, 0) is 32.4 Å². The van der Waals surface area contributed by atoms with Crippen molar-refractivity contribution in [1.82, 2.24) is 9.36 Å². The summed E-state index contributed by atoms with van der Waals surface area (Å²) in [6.07, 6.45) is -0.477. The number of hydrogen-bond acceptors (Lipinski definition) is 5. The third kappa shape index (κ3) is 3.64. The van der Waals surface area contributed by atoms with E-state index in [2.05, 4.69) is 9.36 Å². The van der Waals surface area contributed by atoms with Crippen molar-refractivity contribution in [2.75, 3.05) is 11.9 Å². The topological polar surface area (TPSA) is 55.3 Å². The predicted octanol–water partition coefficient (Wildman–Crippen LogP) is 2.56. The number of nitrogens with zero attached hydrogens (tertiary/aromatic N) is 3. The second-order valence-corrected chi connectivity index (χ2v) is 4.95. The van der Waals surface area contributed by atoms with Crippen LogP contribution < -0.4 is 4.90 Å². The molecule has 1 heterocycles. The first-order valence-corrected chi connectivity index (χ1v) is 5.40. The Morgan fingerprint density at radius 3 is 2.53 bits per heavy atom. The van der Waals surface area contributed by atoms with E-state index >= 15 is 0 Å². The molecule has 7 heteroatoms. The molecule has 15 heavy (non-hydrogen) atoms. The maximum Gasteiger partial charge on any atom is 0.416 e. The Hall–Kier alpha value is -0.880. The Morgan fingerprint density at radius 2 is 2.13 bits per heavy atom. The number of hydrogen-bond donors (Lipinski definition) is 0. The highest BCUT2D eigenvalue weighted by Gasteiger charge is 2.22. The van der Waals surface area contributed by atoms with Gasteiger partial charge in [-0.25, -0.2) is 4.79 Å². The molecule has 0 radical (unpaired) electrons. The molecule has 1 aromatic heterocycles. The second-order valence-electron chi connectivity index (χ2n) is 3.89. The number of halogens is 1. The number of ether oxygens (including phenoxy) is 1. The lowest BCUT2D eigenvalue weighted by Crippen LogP contribution is -2.34. The summed E-state index contributed by atoms with van der Waals surface area (Å²) in [6, 6.07) is 0. The van der Waals surface area contributed by atoms with E-state index in [-0.39, 0.29) is 5.28 Å². The fourth-order valence-electron chi connectivity index (χ4n) is 0.743. The molecule has 0 bridgehead atoms. The number of amides is 1. The van der Waals surface area contributed by atoms with Gasteiger partial charge in [-0.15, -0.1) is 0 Å². The van der Waals surface area contributed by atoms with Crippen LogP contribution in [0.15, 0.2) is 0 Å².